The molecule has 2 aliphatic heterocycles. The minimum Gasteiger partial charge on any atom is -0.386 e. The van der Waals surface area contributed by atoms with E-state index in [0.717, 1.165) is 0 Å². The van der Waals surface area contributed by atoms with Crippen LogP contribution >= 0.6 is 0 Å². The molecule has 120 valence electrons. The van der Waals surface area contributed by atoms with Gasteiger partial charge in [-0.15, -0.1) is 0 Å². The third-order valence-electron chi connectivity index (χ3n) is 4.19. The van der Waals surface area contributed by atoms with Crippen molar-refractivity contribution in [1.29, 1.82) is 0 Å². The molecule has 0 aromatic carbocycles. The summed E-state index contributed by atoms with van der Waals surface area (Å²) in [6.07, 6.45) is 1.89. The molecule has 2 saturated heterocycles. The van der Waals surface area contributed by atoms with E-state index in [9.17, 15) is 14.7 Å². The molecule has 0 aromatic rings. The number of hydrogen-bond donors (Lipinski definition) is 2. The Morgan fingerprint density at radius 1 is 1.38 bits per heavy atom. The van der Waals surface area contributed by atoms with Crippen molar-refractivity contribution in [3.63, 3.8) is 0 Å². The molecule has 0 bridgehead atoms. The molecular formula is C14H25N3O4. The Balaban J connectivity index is 1.74. The maximum absolute atomic E-state index is 12.1. The predicted octanol–water partition coefficient (Wildman–Crippen LogP) is -0.352. The minimum absolute atomic E-state index is 0.00808. The molecule has 7 nitrogen and oxygen atoms in total. The molecule has 21 heavy (non-hydrogen) atoms. The molecule has 2 aliphatic rings. The van der Waals surface area contributed by atoms with Crippen LogP contribution in [0.2, 0.25) is 0 Å². The Morgan fingerprint density at radius 2 is 2.05 bits per heavy atom. The van der Waals surface area contributed by atoms with Crippen LogP contribution in [0.5, 0.6) is 0 Å². The molecule has 0 spiro atoms. The number of likely N-dealkylation sites (tertiary alicyclic amines) is 1. The van der Waals surface area contributed by atoms with Gasteiger partial charge in [0.1, 0.15) is 5.60 Å². The van der Waals surface area contributed by atoms with Gasteiger partial charge in [-0.25, -0.2) is 4.79 Å². The normalized spacial score (nSPS) is 26.7. The lowest BCUT2D eigenvalue weighted by Crippen LogP contribution is -2.49. The van der Waals surface area contributed by atoms with Crippen molar-refractivity contribution in [1.82, 2.24) is 15.1 Å². The van der Waals surface area contributed by atoms with Crippen molar-refractivity contribution in [3.8, 4) is 0 Å². The molecule has 2 rings (SSSR count). The Morgan fingerprint density at radius 3 is 2.57 bits per heavy atom. The molecule has 0 aromatic heterocycles. The van der Waals surface area contributed by atoms with E-state index in [2.05, 4.69) is 5.32 Å². The van der Waals surface area contributed by atoms with Crippen molar-refractivity contribution in [2.45, 2.75) is 24.9 Å². The second-order valence-corrected chi connectivity index (χ2v) is 6.18. The number of nitrogens with one attached hydrogen (secondary N) is 1. The lowest BCUT2D eigenvalue weighted by atomic mass is 9.95. The van der Waals surface area contributed by atoms with E-state index in [1.54, 1.807) is 23.9 Å². The topological polar surface area (TPSA) is 82.1 Å². The van der Waals surface area contributed by atoms with Gasteiger partial charge in [-0.1, -0.05) is 0 Å². The van der Waals surface area contributed by atoms with Crippen molar-refractivity contribution in [2.75, 3.05) is 46.9 Å². The van der Waals surface area contributed by atoms with Gasteiger partial charge in [0.05, 0.1) is 6.61 Å². The molecule has 2 N–H and O–H groups in total. The van der Waals surface area contributed by atoms with Crippen LogP contribution in [0.4, 0.5) is 4.79 Å². The first-order valence-corrected chi connectivity index (χ1v) is 7.45. The standard InChI is InChI=1S/C14H25N3O4/c1-16(2)13(19)17-6-3-11(4-7-17)12(18)15-9-14(20)5-8-21-10-14/h11,20H,3-10H2,1-2H3,(H,15,18). The zero-order valence-corrected chi connectivity index (χ0v) is 12.8. The predicted molar refractivity (Wildman–Crippen MR) is 76.8 cm³/mol. The van der Waals surface area contributed by atoms with Crippen molar-refractivity contribution >= 4 is 11.9 Å². The summed E-state index contributed by atoms with van der Waals surface area (Å²) in [4.78, 5) is 27.3. The largest absolute Gasteiger partial charge is 0.386 e. The van der Waals surface area contributed by atoms with Gasteiger partial charge in [0.15, 0.2) is 0 Å². The van der Waals surface area contributed by atoms with Gasteiger partial charge in [-0.3, -0.25) is 4.79 Å². The number of amides is 3. The van der Waals surface area contributed by atoms with Gasteiger partial charge < -0.3 is 25.0 Å². The second kappa shape index (κ2) is 6.62. The SMILES string of the molecule is CN(C)C(=O)N1CCC(C(=O)NCC2(O)CCOC2)CC1. The first-order valence-electron chi connectivity index (χ1n) is 7.45. The molecule has 7 heteroatoms. The summed E-state index contributed by atoms with van der Waals surface area (Å²) in [5, 5.41) is 12.9. The molecule has 0 aliphatic carbocycles. The highest BCUT2D eigenvalue weighted by atomic mass is 16.5. The highest BCUT2D eigenvalue weighted by molar-refractivity contribution is 5.79. The quantitative estimate of drug-likeness (QED) is 0.746. The Bertz CT molecular complexity index is 386. The van der Waals surface area contributed by atoms with E-state index in [1.807, 2.05) is 0 Å². The van der Waals surface area contributed by atoms with E-state index < -0.39 is 5.60 Å². The van der Waals surface area contributed by atoms with Gasteiger partial charge in [0.25, 0.3) is 0 Å². The van der Waals surface area contributed by atoms with E-state index in [-0.39, 0.29) is 31.0 Å². The summed E-state index contributed by atoms with van der Waals surface area (Å²) in [5.74, 6) is -0.116. The Kier molecular flexibility index (Phi) is 5.05. The number of nitrogens with zero attached hydrogens (tertiary/aromatic N) is 2. The lowest BCUT2D eigenvalue weighted by molar-refractivity contribution is -0.127. The average molecular weight is 299 g/mol. The van der Waals surface area contributed by atoms with Crippen molar-refractivity contribution < 1.29 is 19.4 Å². The molecule has 0 radical (unpaired) electrons. The van der Waals surface area contributed by atoms with Crippen LogP contribution in [0.15, 0.2) is 0 Å². The molecule has 1 unspecified atom stereocenters. The van der Waals surface area contributed by atoms with Crippen molar-refractivity contribution in [3.05, 3.63) is 0 Å². The van der Waals surface area contributed by atoms with Crippen LogP contribution in [0.3, 0.4) is 0 Å². The first kappa shape index (κ1) is 16.0. The third-order valence-corrected chi connectivity index (χ3v) is 4.19. The summed E-state index contributed by atoms with van der Waals surface area (Å²) in [6, 6.07) is -0.00808. The maximum atomic E-state index is 12.1. The number of rotatable bonds is 3. The van der Waals surface area contributed by atoms with E-state index >= 15 is 0 Å². The van der Waals surface area contributed by atoms with Crippen LogP contribution < -0.4 is 5.32 Å². The van der Waals surface area contributed by atoms with Gasteiger partial charge in [0.2, 0.25) is 5.91 Å². The van der Waals surface area contributed by atoms with Crippen LogP contribution in [0.25, 0.3) is 0 Å². The van der Waals surface area contributed by atoms with Crippen LogP contribution in [-0.4, -0.2) is 79.4 Å². The first-order chi connectivity index (χ1) is 9.91. The summed E-state index contributed by atoms with van der Waals surface area (Å²) in [7, 11) is 3.46. The number of aliphatic hydroxyl groups is 1. The fraction of sp³-hybridized carbons (Fsp3) is 0.857. The van der Waals surface area contributed by atoms with E-state index in [4.69, 9.17) is 4.74 Å². The number of carbonyl (C=O) groups is 2. The van der Waals surface area contributed by atoms with Gasteiger partial charge in [-0.05, 0) is 12.8 Å². The highest BCUT2D eigenvalue weighted by Crippen LogP contribution is 2.20. The third kappa shape index (κ3) is 4.07. The zero-order valence-electron chi connectivity index (χ0n) is 12.8. The molecule has 3 amide bonds. The Hall–Kier alpha value is -1.34. The van der Waals surface area contributed by atoms with Crippen LogP contribution in [0, 0.1) is 5.92 Å². The highest BCUT2D eigenvalue weighted by Gasteiger charge is 2.34. The summed E-state index contributed by atoms with van der Waals surface area (Å²) < 4.78 is 5.15. The van der Waals surface area contributed by atoms with Gasteiger partial charge in [0, 0.05) is 52.7 Å². The second-order valence-electron chi connectivity index (χ2n) is 6.18. The van der Waals surface area contributed by atoms with Gasteiger partial charge >= 0.3 is 6.03 Å². The average Bonchev–Trinajstić information content (AvgIpc) is 2.91. The molecular weight excluding hydrogens is 274 g/mol. The number of piperidine rings is 1. The zero-order chi connectivity index (χ0) is 15.5. The number of hydrogen-bond acceptors (Lipinski definition) is 4. The molecule has 2 fully saturated rings. The number of ether oxygens (including phenoxy) is 1. The minimum atomic E-state index is -0.919. The fourth-order valence-electron chi connectivity index (χ4n) is 2.75. The maximum Gasteiger partial charge on any atom is 0.319 e. The fourth-order valence-corrected chi connectivity index (χ4v) is 2.75. The van der Waals surface area contributed by atoms with E-state index in [1.165, 1.54) is 0 Å². The molecule has 1 atom stereocenters. The molecule has 2 heterocycles. The summed E-state index contributed by atoms with van der Waals surface area (Å²) in [6.45, 7) is 2.26. The summed E-state index contributed by atoms with van der Waals surface area (Å²) >= 11 is 0. The summed E-state index contributed by atoms with van der Waals surface area (Å²) in [5.41, 5.74) is -0.919. The Labute approximate surface area is 125 Å². The van der Waals surface area contributed by atoms with E-state index in [0.29, 0.717) is 39.0 Å². The number of urea groups is 1. The smallest absolute Gasteiger partial charge is 0.319 e. The molecule has 0 saturated carbocycles. The number of carbonyl (C=O) groups excluding carboxylic acids is 2. The lowest BCUT2D eigenvalue weighted by Gasteiger charge is -2.33. The van der Waals surface area contributed by atoms with Gasteiger partial charge in [-0.2, -0.15) is 0 Å². The van der Waals surface area contributed by atoms with Crippen molar-refractivity contribution in [2.24, 2.45) is 5.92 Å². The monoisotopic (exact) mass is 299 g/mol. The van der Waals surface area contributed by atoms with Crippen LogP contribution in [-0.2, 0) is 9.53 Å². The van der Waals surface area contributed by atoms with Crippen LogP contribution in [0.1, 0.15) is 19.3 Å².